The molecule has 2 aliphatic rings. The molecule has 1 aliphatic carbocycles. The van der Waals surface area contributed by atoms with Crippen LogP contribution in [0.1, 0.15) is 36.2 Å². The third-order valence-corrected chi connectivity index (χ3v) is 5.64. The lowest BCUT2D eigenvalue weighted by atomic mass is 9.88. The maximum atomic E-state index is 15.0. The molecule has 2 fully saturated rings. The van der Waals surface area contributed by atoms with Gasteiger partial charge in [0.25, 0.3) is 10.1 Å². The van der Waals surface area contributed by atoms with Gasteiger partial charge in [0.15, 0.2) is 11.6 Å². The van der Waals surface area contributed by atoms with E-state index < -0.39 is 32.7 Å². The summed E-state index contributed by atoms with van der Waals surface area (Å²) in [4.78, 5) is 35.1. The molecule has 0 amide bonds. The number of pyridine rings is 2. The Morgan fingerprint density at radius 1 is 1.44 bits per heavy atom. The Bertz CT molecular complexity index is 1310. The summed E-state index contributed by atoms with van der Waals surface area (Å²) in [6.07, 6.45) is 3.73. The SMILES string of the molecule is CON=C1CN(c2nc3c(cc2F)c(=O)c(C(=O)O)cn3C2CC2)CC1(C)CN.CS(=O)(=O)O. The second kappa shape index (κ2) is 9.27. The van der Waals surface area contributed by atoms with Crippen molar-refractivity contribution in [3.63, 3.8) is 0 Å². The Hall–Kier alpha value is -3.10. The Morgan fingerprint density at radius 3 is 2.56 bits per heavy atom. The van der Waals surface area contributed by atoms with Crippen molar-refractivity contribution >= 4 is 38.7 Å². The van der Waals surface area contributed by atoms with Crippen LogP contribution in [0.25, 0.3) is 11.0 Å². The lowest BCUT2D eigenvalue weighted by Gasteiger charge is -2.23. The van der Waals surface area contributed by atoms with Gasteiger partial charge in [-0.1, -0.05) is 12.1 Å². The number of nitrogens with two attached hydrogens (primary N) is 1. The first-order valence-electron chi connectivity index (χ1n) is 10.3. The molecule has 4 rings (SSSR count). The number of nitrogens with zero attached hydrogens (tertiary/aromatic N) is 4. The number of hydrogen-bond donors (Lipinski definition) is 3. The van der Waals surface area contributed by atoms with Crippen LogP contribution in [0, 0.1) is 11.2 Å². The lowest BCUT2D eigenvalue weighted by Crippen LogP contribution is -2.36. The number of carboxylic acid groups (broad SMARTS) is 1. The molecule has 3 heterocycles. The number of aromatic nitrogens is 2. The zero-order valence-corrected chi connectivity index (χ0v) is 19.7. The molecule has 1 atom stereocenters. The third kappa shape index (κ3) is 5.34. The van der Waals surface area contributed by atoms with Gasteiger partial charge in [-0.15, -0.1) is 0 Å². The Labute approximate surface area is 194 Å². The van der Waals surface area contributed by atoms with Crippen LogP contribution in [-0.4, -0.2) is 72.3 Å². The molecule has 14 heteroatoms. The van der Waals surface area contributed by atoms with Gasteiger partial charge in [-0.25, -0.2) is 14.2 Å². The Balaban J connectivity index is 0.000000588. The van der Waals surface area contributed by atoms with Crippen LogP contribution >= 0.6 is 0 Å². The van der Waals surface area contributed by atoms with E-state index in [1.54, 1.807) is 9.47 Å². The van der Waals surface area contributed by atoms with Gasteiger partial charge >= 0.3 is 5.97 Å². The Kier molecular flexibility index (Phi) is 6.96. The molecule has 34 heavy (non-hydrogen) atoms. The molecule has 0 aromatic carbocycles. The van der Waals surface area contributed by atoms with Crippen molar-refractivity contribution < 1.29 is 32.1 Å². The molecular formula is C20H26FN5O7S. The van der Waals surface area contributed by atoms with E-state index in [4.69, 9.17) is 15.1 Å². The molecule has 1 aliphatic heterocycles. The predicted octanol–water partition coefficient (Wildman–Crippen LogP) is 0.860. The number of rotatable bonds is 5. The molecule has 0 spiro atoms. The minimum Gasteiger partial charge on any atom is -0.477 e. The topological polar surface area (TPSA) is 177 Å². The van der Waals surface area contributed by atoms with Gasteiger partial charge in [-0.2, -0.15) is 8.42 Å². The Morgan fingerprint density at radius 2 is 2.06 bits per heavy atom. The summed E-state index contributed by atoms with van der Waals surface area (Å²) in [5.41, 5.74) is 5.26. The minimum absolute atomic E-state index is 0.0374. The number of fused-ring (bicyclic) bond motifs is 1. The molecule has 2 aromatic rings. The highest BCUT2D eigenvalue weighted by molar-refractivity contribution is 7.85. The second-order valence-electron chi connectivity index (χ2n) is 8.55. The predicted molar refractivity (Wildman–Crippen MR) is 122 cm³/mol. The van der Waals surface area contributed by atoms with E-state index >= 15 is 0 Å². The number of anilines is 1. The van der Waals surface area contributed by atoms with E-state index in [1.807, 2.05) is 6.92 Å². The van der Waals surface area contributed by atoms with Crippen molar-refractivity contribution in [2.24, 2.45) is 16.3 Å². The van der Waals surface area contributed by atoms with Crippen LogP contribution in [0.3, 0.4) is 0 Å². The van der Waals surface area contributed by atoms with Crippen LogP contribution in [0.4, 0.5) is 10.2 Å². The number of carbonyl (C=O) groups is 1. The van der Waals surface area contributed by atoms with Crippen molar-refractivity contribution in [1.29, 1.82) is 0 Å². The van der Waals surface area contributed by atoms with Gasteiger partial charge < -0.3 is 25.1 Å². The molecule has 1 saturated heterocycles. The highest BCUT2D eigenvalue weighted by Gasteiger charge is 2.41. The number of carboxylic acids is 1. The lowest BCUT2D eigenvalue weighted by molar-refractivity contribution is 0.0694. The zero-order valence-electron chi connectivity index (χ0n) is 18.9. The first kappa shape index (κ1) is 25.5. The van der Waals surface area contributed by atoms with Crippen molar-refractivity contribution in [1.82, 2.24) is 9.55 Å². The van der Waals surface area contributed by atoms with Crippen LogP contribution < -0.4 is 16.1 Å². The highest BCUT2D eigenvalue weighted by atomic mass is 32.2. The van der Waals surface area contributed by atoms with E-state index in [9.17, 15) is 27.5 Å². The van der Waals surface area contributed by atoms with Gasteiger partial charge in [0, 0.05) is 30.7 Å². The van der Waals surface area contributed by atoms with Crippen molar-refractivity contribution in [2.75, 3.05) is 37.9 Å². The van der Waals surface area contributed by atoms with Gasteiger partial charge in [0.05, 0.1) is 23.9 Å². The number of oxime groups is 1. The molecule has 12 nitrogen and oxygen atoms in total. The second-order valence-corrected chi connectivity index (χ2v) is 10.0. The summed E-state index contributed by atoms with van der Waals surface area (Å²) in [7, 11) is -2.23. The third-order valence-electron chi connectivity index (χ3n) is 5.64. The van der Waals surface area contributed by atoms with E-state index in [2.05, 4.69) is 10.1 Å². The van der Waals surface area contributed by atoms with Crippen molar-refractivity contribution in [3.8, 4) is 0 Å². The van der Waals surface area contributed by atoms with E-state index in [0.717, 1.165) is 18.9 Å². The monoisotopic (exact) mass is 499 g/mol. The largest absolute Gasteiger partial charge is 0.477 e. The average molecular weight is 500 g/mol. The van der Waals surface area contributed by atoms with Gasteiger partial charge in [0.2, 0.25) is 5.43 Å². The maximum Gasteiger partial charge on any atom is 0.341 e. The maximum absolute atomic E-state index is 15.0. The normalized spacial score (nSPS) is 21.5. The number of halogens is 1. The van der Waals surface area contributed by atoms with Gasteiger partial charge in [0.1, 0.15) is 18.3 Å². The molecule has 1 saturated carbocycles. The summed E-state index contributed by atoms with van der Waals surface area (Å²) in [6.45, 7) is 2.90. The van der Waals surface area contributed by atoms with Crippen molar-refractivity contribution in [3.05, 3.63) is 33.9 Å². The fourth-order valence-electron chi connectivity index (χ4n) is 3.76. The molecule has 0 bridgehead atoms. The number of aromatic carboxylic acids is 1. The summed E-state index contributed by atoms with van der Waals surface area (Å²) >= 11 is 0. The van der Waals surface area contributed by atoms with Crippen LogP contribution in [-0.2, 0) is 15.0 Å². The highest BCUT2D eigenvalue weighted by Crippen LogP contribution is 2.38. The van der Waals surface area contributed by atoms with E-state index in [0.29, 0.717) is 25.1 Å². The van der Waals surface area contributed by atoms with E-state index in [-0.39, 0.29) is 35.0 Å². The fourth-order valence-corrected chi connectivity index (χ4v) is 3.76. The van der Waals surface area contributed by atoms with Crippen LogP contribution in [0.5, 0.6) is 0 Å². The average Bonchev–Trinajstić information content (AvgIpc) is 3.51. The van der Waals surface area contributed by atoms with Crippen LogP contribution in [0.15, 0.2) is 22.2 Å². The molecular weight excluding hydrogens is 473 g/mol. The molecule has 4 N–H and O–H groups in total. The van der Waals surface area contributed by atoms with Gasteiger partial charge in [-0.05, 0) is 18.9 Å². The summed E-state index contributed by atoms with van der Waals surface area (Å²) in [5.74, 6) is -1.96. The molecule has 2 aromatic heterocycles. The molecule has 1 unspecified atom stereocenters. The minimum atomic E-state index is -3.67. The van der Waals surface area contributed by atoms with E-state index in [1.165, 1.54) is 13.3 Å². The van der Waals surface area contributed by atoms with Crippen LogP contribution in [0.2, 0.25) is 0 Å². The standard InChI is InChI=1S/C19H22FN5O4.CH4O3S/c1-19(8-21)9-24(7-14(19)23-29-2)17-13(20)5-11-15(26)12(18(27)28)6-25(10-3-4-10)16(11)22-17;1-5(2,3)4/h5-6,10H,3-4,7-9,21H2,1-2H3,(H,27,28);1H3,(H,2,3,4). The summed E-state index contributed by atoms with van der Waals surface area (Å²) < 4.78 is 42.5. The fraction of sp³-hybridized carbons (Fsp3) is 0.500. The van der Waals surface area contributed by atoms with Gasteiger partial charge in [-0.3, -0.25) is 9.35 Å². The van der Waals surface area contributed by atoms with Crippen molar-refractivity contribution in [2.45, 2.75) is 25.8 Å². The zero-order chi connectivity index (χ0) is 25.4. The number of hydrogen-bond acceptors (Lipinski definition) is 9. The molecule has 0 radical (unpaired) electrons. The summed E-state index contributed by atoms with van der Waals surface area (Å²) in [5, 5.41) is 13.3. The summed E-state index contributed by atoms with van der Waals surface area (Å²) in [6, 6.07) is 1.14. The molecule has 186 valence electrons. The first-order chi connectivity index (χ1) is 15.8. The quantitative estimate of drug-likeness (QED) is 0.395. The smallest absolute Gasteiger partial charge is 0.341 e. The first-order valence-corrected chi connectivity index (χ1v) is 12.1.